The van der Waals surface area contributed by atoms with Crippen molar-refractivity contribution < 1.29 is 23.1 Å². The van der Waals surface area contributed by atoms with E-state index in [-0.39, 0.29) is 35.7 Å². The van der Waals surface area contributed by atoms with Crippen LogP contribution in [0, 0.1) is 5.92 Å². The Balaban J connectivity index is 1.53. The number of piperidine rings is 1. The minimum atomic E-state index is -4.32. The first-order valence-corrected chi connectivity index (χ1v) is 11.8. The van der Waals surface area contributed by atoms with Gasteiger partial charge in [-0.05, 0) is 57.9 Å². The average Bonchev–Trinajstić information content (AvgIpc) is 3.12. The van der Waals surface area contributed by atoms with Gasteiger partial charge in [0.25, 0.3) is 0 Å². The molecule has 7 nitrogen and oxygen atoms in total. The lowest BCUT2D eigenvalue weighted by molar-refractivity contribution is -0.164. The molecule has 6 unspecified atom stereocenters. The van der Waals surface area contributed by atoms with Crippen molar-refractivity contribution in [2.45, 2.75) is 86.4 Å². The van der Waals surface area contributed by atoms with Gasteiger partial charge >= 0.3 is 6.18 Å². The van der Waals surface area contributed by atoms with Crippen molar-refractivity contribution in [1.82, 2.24) is 26.4 Å². The quantitative estimate of drug-likeness (QED) is 0.399. The third-order valence-corrected chi connectivity index (χ3v) is 8.06. The molecule has 30 heavy (non-hydrogen) atoms. The SMILES string of the molecule is CN1CNNC1SC(CCO)C1CCCC(NC(=O)C2CCCC(C(F)(F)F)N2)C1. The highest BCUT2D eigenvalue weighted by molar-refractivity contribution is 8.00. The fourth-order valence-corrected chi connectivity index (χ4v) is 6.17. The number of halogens is 3. The number of aliphatic hydroxyl groups excluding tert-OH is 1. The van der Waals surface area contributed by atoms with Gasteiger partial charge in [-0.25, -0.2) is 10.9 Å². The highest BCUT2D eigenvalue weighted by Gasteiger charge is 2.43. The molecular formula is C19H34F3N5O2S. The highest BCUT2D eigenvalue weighted by atomic mass is 32.2. The summed E-state index contributed by atoms with van der Waals surface area (Å²) in [5.74, 6) is 0.0293. The second kappa shape index (κ2) is 10.8. The number of aliphatic hydroxyl groups is 1. The molecule has 0 radical (unpaired) electrons. The topological polar surface area (TPSA) is 88.7 Å². The summed E-state index contributed by atoms with van der Waals surface area (Å²) in [6, 6.07) is -2.41. The number of carbonyl (C=O) groups is 1. The molecule has 2 aliphatic heterocycles. The molecule has 0 bridgehead atoms. The van der Waals surface area contributed by atoms with E-state index in [2.05, 4.69) is 26.4 Å². The molecule has 2 saturated heterocycles. The Labute approximate surface area is 180 Å². The van der Waals surface area contributed by atoms with E-state index in [4.69, 9.17) is 0 Å². The number of nitrogens with one attached hydrogen (secondary N) is 4. The molecule has 1 aliphatic carbocycles. The van der Waals surface area contributed by atoms with Gasteiger partial charge in [-0.3, -0.25) is 15.0 Å². The third kappa shape index (κ3) is 6.46. The molecule has 5 N–H and O–H groups in total. The Hall–Kier alpha value is -0.590. The van der Waals surface area contributed by atoms with Crippen LogP contribution < -0.4 is 21.5 Å². The van der Waals surface area contributed by atoms with Crippen LogP contribution in [0.3, 0.4) is 0 Å². The molecule has 3 rings (SSSR count). The molecule has 2 heterocycles. The summed E-state index contributed by atoms with van der Waals surface area (Å²) in [4.78, 5) is 14.8. The van der Waals surface area contributed by atoms with Crippen LogP contribution in [0.2, 0.25) is 0 Å². The van der Waals surface area contributed by atoms with E-state index in [0.717, 1.165) is 32.4 Å². The van der Waals surface area contributed by atoms with Gasteiger partial charge in [0.05, 0.1) is 12.7 Å². The molecule has 0 aromatic heterocycles. The average molecular weight is 454 g/mol. The Kier molecular flexibility index (Phi) is 8.68. The zero-order valence-electron chi connectivity index (χ0n) is 17.4. The lowest BCUT2D eigenvalue weighted by Gasteiger charge is -2.37. The van der Waals surface area contributed by atoms with Crippen LogP contribution in [0.15, 0.2) is 0 Å². The van der Waals surface area contributed by atoms with Crippen molar-refractivity contribution in [2.24, 2.45) is 5.92 Å². The predicted octanol–water partition coefficient (Wildman–Crippen LogP) is 1.50. The fourth-order valence-electron chi connectivity index (χ4n) is 4.70. The van der Waals surface area contributed by atoms with Crippen molar-refractivity contribution in [3.63, 3.8) is 0 Å². The van der Waals surface area contributed by atoms with Crippen LogP contribution in [0.1, 0.15) is 51.4 Å². The number of hydrogen-bond acceptors (Lipinski definition) is 7. The van der Waals surface area contributed by atoms with Gasteiger partial charge < -0.3 is 10.4 Å². The summed E-state index contributed by atoms with van der Waals surface area (Å²) >= 11 is 1.79. The van der Waals surface area contributed by atoms with Gasteiger partial charge in [0, 0.05) is 17.9 Å². The molecule has 6 atom stereocenters. The van der Waals surface area contributed by atoms with Gasteiger partial charge in [0.1, 0.15) is 11.5 Å². The van der Waals surface area contributed by atoms with Gasteiger partial charge in [0.2, 0.25) is 5.91 Å². The summed E-state index contributed by atoms with van der Waals surface area (Å²) < 4.78 is 39.0. The molecule has 0 spiro atoms. The Morgan fingerprint density at radius 3 is 2.70 bits per heavy atom. The predicted molar refractivity (Wildman–Crippen MR) is 110 cm³/mol. The second-order valence-corrected chi connectivity index (χ2v) is 9.98. The maximum Gasteiger partial charge on any atom is 0.403 e. The number of amides is 1. The van der Waals surface area contributed by atoms with Crippen molar-refractivity contribution in [2.75, 3.05) is 20.3 Å². The largest absolute Gasteiger partial charge is 0.403 e. The second-order valence-electron chi connectivity index (χ2n) is 8.65. The van der Waals surface area contributed by atoms with E-state index in [9.17, 15) is 23.1 Å². The number of carbonyl (C=O) groups excluding carboxylic acids is 1. The van der Waals surface area contributed by atoms with E-state index in [1.807, 2.05) is 7.05 Å². The van der Waals surface area contributed by atoms with Crippen LogP contribution in [-0.4, -0.2) is 71.3 Å². The van der Waals surface area contributed by atoms with Gasteiger partial charge in [0.15, 0.2) is 0 Å². The molecule has 3 fully saturated rings. The van der Waals surface area contributed by atoms with E-state index >= 15 is 0 Å². The van der Waals surface area contributed by atoms with Crippen LogP contribution in [0.25, 0.3) is 0 Å². The summed E-state index contributed by atoms with van der Waals surface area (Å²) in [7, 11) is 2.02. The molecule has 1 saturated carbocycles. The summed E-state index contributed by atoms with van der Waals surface area (Å²) in [5.41, 5.74) is 6.46. The van der Waals surface area contributed by atoms with Crippen LogP contribution >= 0.6 is 11.8 Å². The van der Waals surface area contributed by atoms with E-state index < -0.39 is 18.3 Å². The third-order valence-electron chi connectivity index (χ3n) is 6.36. The Bertz CT molecular complexity index is 571. The van der Waals surface area contributed by atoms with Crippen molar-refractivity contribution >= 4 is 17.7 Å². The zero-order valence-corrected chi connectivity index (χ0v) is 18.2. The van der Waals surface area contributed by atoms with Crippen LogP contribution in [-0.2, 0) is 4.79 Å². The maximum atomic E-state index is 13.0. The Morgan fingerprint density at radius 2 is 2.03 bits per heavy atom. The van der Waals surface area contributed by atoms with Crippen molar-refractivity contribution in [3.8, 4) is 0 Å². The summed E-state index contributed by atoms with van der Waals surface area (Å²) in [6.45, 7) is 0.861. The zero-order chi connectivity index (χ0) is 21.7. The minimum Gasteiger partial charge on any atom is -0.396 e. The molecule has 11 heteroatoms. The van der Waals surface area contributed by atoms with Crippen molar-refractivity contribution in [1.29, 1.82) is 0 Å². The molecule has 1 amide bonds. The summed E-state index contributed by atoms with van der Waals surface area (Å²) in [5, 5.41) is 15.3. The van der Waals surface area contributed by atoms with Crippen LogP contribution in [0.5, 0.6) is 0 Å². The van der Waals surface area contributed by atoms with Gasteiger partial charge in [-0.2, -0.15) is 13.2 Å². The molecular weight excluding hydrogens is 419 g/mol. The van der Waals surface area contributed by atoms with Gasteiger partial charge in [-0.1, -0.05) is 6.42 Å². The Morgan fingerprint density at radius 1 is 1.27 bits per heavy atom. The van der Waals surface area contributed by atoms with E-state index in [1.165, 1.54) is 0 Å². The van der Waals surface area contributed by atoms with E-state index in [0.29, 0.717) is 25.2 Å². The first kappa shape index (κ1) is 24.1. The number of rotatable bonds is 7. The number of hydrogen-bond donors (Lipinski definition) is 5. The normalized spacial score (nSPS) is 34.6. The maximum absolute atomic E-state index is 13.0. The lowest BCUT2D eigenvalue weighted by Crippen LogP contribution is -2.57. The smallest absolute Gasteiger partial charge is 0.396 e. The summed E-state index contributed by atoms with van der Waals surface area (Å²) in [6.07, 6.45) is 0.855. The number of nitrogens with zero attached hydrogens (tertiary/aromatic N) is 1. The lowest BCUT2D eigenvalue weighted by atomic mass is 9.82. The first-order chi connectivity index (χ1) is 14.3. The number of alkyl halides is 3. The first-order valence-electron chi connectivity index (χ1n) is 10.9. The van der Waals surface area contributed by atoms with Crippen LogP contribution in [0.4, 0.5) is 13.2 Å². The minimum absolute atomic E-state index is 0.0251. The monoisotopic (exact) mass is 453 g/mol. The molecule has 0 aromatic carbocycles. The standard InChI is InChI=1S/C19H34F3N5O2S/c1-27-11-23-26-18(27)30-15(8-9-28)12-4-2-5-13(10-12)24-17(29)14-6-3-7-16(25-14)19(20,21)22/h12-16,18,23,25-26,28H,2-11H2,1H3,(H,24,29). The highest BCUT2D eigenvalue weighted by Crippen LogP contribution is 2.37. The number of hydrazine groups is 1. The molecule has 0 aromatic rings. The fraction of sp³-hybridized carbons (Fsp3) is 0.947. The number of thioether (sulfide) groups is 1. The molecule has 174 valence electrons. The molecule has 3 aliphatic rings. The van der Waals surface area contributed by atoms with Gasteiger partial charge in [-0.15, -0.1) is 11.8 Å². The van der Waals surface area contributed by atoms with Crippen molar-refractivity contribution in [3.05, 3.63) is 0 Å². The van der Waals surface area contributed by atoms with E-state index in [1.54, 1.807) is 11.8 Å².